The number of carbonyl (C=O) groups excluding carboxylic acids is 1. The fourth-order valence-electron chi connectivity index (χ4n) is 3.03. The van der Waals surface area contributed by atoms with E-state index in [-0.39, 0.29) is 12.1 Å². The number of rotatable bonds is 4. The van der Waals surface area contributed by atoms with E-state index in [0.29, 0.717) is 6.61 Å². The van der Waals surface area contributed by atoms with Gasteiger partial charge in [-0.25, -0.2) is 4.79 Å². The predicted molar refractivity (Wildman–Crippen MR) is 93.9 cm³/mol. The molecular formula is C19H23N3O2. The Morgan fingerprint density at radius 1 is 1.25 bits per heavy atom. The SMILES string of the molecule is CN(C(=O)OCc1ccccc1)C1CCCN(c2ccncc2)C1. The molecule has 24 heavy (non-hydrogen) atoms. The number of benzene rings is 1. The zero-order valence-corrected chi connectivity index (χ0v) is 14.0. The van der Waals surface area contributed by atoms with Gasteiger partial charge in [0.2, 0.25) is 0 Å². The van der Waals surface area contributed by atoms with Crippen molar-refractivity contribution in [2.75, 3.05) is 25.0 Å². The maximum atomic E-state index is 12.3. The lowest BCUT2D eigenvalue weighted by Crippen LogP contribution is -2.48. The molecule has 1 aromatic carbocycles. The highest BCUT2D eigenvalue weighted by Gasteiger charge is 2.27. The van der Waals surface area contributed by atoms with Gasteiger partial charge in [0.05, 0.1) is 6.04 Å². The highest BCUT2D eigenvalue weighted by molar-refractivity contribution is 5.68. The third-order valence-electron chi connectivity index (χ3n) is 4.47. The molecule has 3 rings (SSSR count). The van der Waals surface area contributed by atoms with Crippen LogP contribution < -0.4 is 4.90 Å². The lowest BCUT2D eigenvalue weighted by molar-refractivity contribution is 0.0879. The average Bonchev–Trinajstić information content (AvgIpc) is 2.67. The van der Waals surface area contributed by atoms with Gasteiger partial charge in [-0.1, -0.05) is 30.3 Å². The van der Waals surface area contributed by atoms with E-state index in [1.807, 2.05) is 49.5 Å². The molecule has 0 N–H and O–H groups in total. The summed E-state index contributed by atoms with van der Waals surface area (Å²) < 4.78 is 5.44. The summed E-state index contributed by atoms with van der Waals surface area (Å²) in [5.74, 6) is 0. The monoisotopic (exact) mass is 325 g/mol. The van der Waals surface area contributed by atoms with Crippen molar-refractivity contribution in [2.45, 2.75) is 25.5 Å². The summed E-state index contributed by atoms with van der Waals surface area (Å²) in [4.78, 5) is 20.4. The molecule has 1 aliphatic heterocycles. The Hall–Kier alpha value is -2.56. The summed E-state index contributed by atoms with van der Waals surface area (Å²) in [6.07, 6.45) is 5.40. The molecule has 5 nitrogen and oxygen atoms in total. The minimum absolute atomic E-state index is 0.162. The second-order valence-electron chi connectivity index (χ2n) is 6.10. The zero-order valence-electron chi connectivity index (χ0n) is 14.0. The molecule has 126 valence electrons. The second kappa shape index (κ2) is 7.81. The van der Waals surface area contributed by atoms with Crippen molar-refractivity contribution in [3.8, 4) is 0 Å². The molecular weight excluding hydrogens is 302 g/mol. The van der Waals surface area contributed by atoms with E-state index in [0.717, 1.165) is 37.2 Å². The highest BCUT2D eigenvalue weighted by atomic mass is 16.6. The van der Waals surface area contributed by atoms with Gasteiger partial charge in [-0.2, -0.15) is 0 Å². The van der Waals surface area contributed by atoms with Crippen LogP contribution in [-0.4, -0.2) is 42.2 Å². The highest BCUT2D eigenvalue weighted by Crippen LogP contribution is 2.21. The van der Waals surface area contributed by atoms with E-state index >= 15 is 0 Å². The Bertz CT molecular complexity index is 648. The molecule has 1 aromatic heterocycles. The second-order valence-corrected chi connectivity index (χ2v) is 6.10. The fraction of sp³-hybridized carbons (Fsp3) is 0.368. The number of nitrogens with zero attached hydrogens (tertiary/aromatic N) is 3. The maximum absolute atomic E-state index is 12.3. The minimum atomic E-state index is -0.263. The van der Waals surface area contributed by atoms with Crippen molar-refractivity contribution in [1.82, 2.24) is 9.88 Å². The molecule has 0 spiro atoms. The van der Waals surface area contributed by atoms with Gasteiger partial charge >= 0.3 is 6.09 Å². The number of likely N-dealkylation sites (N-methyl/N-ethyl adjacent to an activating group) is 1. The summed E-state index contributed by atoms with van der Waals surface area (Å²) in [6.45, 7) is 2.14. The van der Waals surface area contributed by atoms with Crippen LogP contribution in [0.15, 0.2) is 54.9 Å². The van der Waals surface area contributed by atoms with Gasteiger partial charge in [0.25, 0.3) is 0 Å². The van der Waals surface area contributed by atoms with E-state index in [1.54, 1.807) is 17.3 Å². The zero-order chi connectivity index (χ0) is 16.8. The average molecular weight is 325 g/mol. The summed E-state index contributed by atoms with van der Waals surface area (Å²) in [7, 11) is 1.83. The normalized spacial score (nSPS) is 17.4. The molecule has 1 unspecified atom stereocenters. The van der Waals surface area contributed by atoms with E-state index in [1.165, 1.54) is 0 Å². The van der Waals surface area contributed by atoms with Gasteiger partial charge < -0.3 is 14.5 Å². The third-order valence-corrected chi connectivity index (χ3v) is 4.47. The number of hydrogen-bond donors (Lipinski definition) is 0. The number of ether oxygens (including phenoxy) is 1. The molecule has 5 heteroatoms. The maximum Gasteiger partial charge on any atom is 0.410 e. The number of hydrogen-bond acceptors (Lipinski definition) is 4. The van der Waals surface area contributed by atoms with Crippen LogP contribution in [0.25, 0.3) is 0 Å². The van der Waals surface area contributed by atoms with Gasteiger partial charge in [0, 0.05) is 38.2 Å². The van der Waals surface area contributed by atoms with E-state index in [4.69, 9.17) is 4.74 Å². The van der Waals surface area contributed by atoms with Crippen LogP contribution in [0.3, 0.4) is 0 Å². The van der Waals surface area contributed by atoms with Crippen LogP contribution in [-0.2, 0) is 11.3 Å². The first-order valence-electron chi connectivity index (χ1n) is 8.32. The van der Waals surface area contributed by atoms with E-state index in [9.17, 15) is 4.79 Å². The van der Waals surface area contributed by atoms with Crippen molar-refractivity contribution in [3.63, 3.8) is 0 Å². The number of carbonyl (C=O) groups is 1. The van der Waals surface area contributed by atoms with Gasteiger partial charge in [0.1, 0.15) is 6.61 Å². The van der Waals surface area contributed by atoms with Crippen molar-refractivity contribution < 1.29 is 9.53 Å². The molecule has 0 bridgehead atoms. The van der Waals surface area contributed by atoms with Crippen molar-refractivity contribution in [3.05, 3.63) is 60.4 Å². The van der Waals surface area contributed by atoms with Crippen LogP contribution >= 0.6 is 0 Å². The third kappa shape index (κ3) is 4.04. The Morgan fingerprint density at radius 2 is 2.00 bits per heavy atom. The van der Waals surface area contributed by atoms with Crippen LogP contribution in [0, 0.1) is 0 Å². The molecule has 1 amide bonds. The minimum Gasteiger partial charge on any atom is -0.445 e. The van der Waals surface area contributed by atoms with E-state index in [2.05, 4.69) is 9.88 Å². The molecule has 1 saturated heterocycles. The Balaban J connectivity index is 1.55. The lowest BCUT2D eigenvalue weighted by Gasteiger charge is -2.38. The number of anilines is 1. The summed E-state index contributed by atoms with van der Waals surface area (Å²) >= 11 is 0. The Kier molecular flexibility index (Phi) is 5.31. The van der Waals surface area contributed by atoms with Gasteiger partial charge in [0.15, 0.2) is 0 Å². The summed E-state index contributed by atoms with van der Waals surface area (Å²) in [5, 5.41) is 0. The van der Waals surface area contributed by atoms with Crippen LogP contribution in [0.1, 0.15) is 18.4 Å². The van der Waals surface area contributed by atoms with Gasteiger partial charge in [-0.15, -0.1) is 0 Å². The first-order chi connectivity index (χ1) is 11.7. The number of pyridine rings is 1. The van der Waals surface area contributed by atoms with Crippen molar-refractivity contribution in [1.29, 1.82) is 0 Å². The molecule has 1 atom stereocenters. The quantitative estimate of drug-likeness (QED) is 0.865. The summed E-state index contributed by atoms with van der Waals surface area (Å²) in [5.41, 5.74) is 2.15. The number of aromatic nitrogens is 1. The van der Waals surface area contributed by atoms with Gasteiger partial charge in [-0.3, -0.25) is 4.98 Å². The van der Waals surface area contributed by atoms with Crippen molar-refractivity contribution >= 4 is 11.8 Å². The largest absolute Gasteiger partial charge is 0.445 e. The molecule has 2 heterocycles. The molecule has 1 aliphatic rings. The molecule has 0 saturated carbocycles. The molecule has 0 aliphatic carbocycles. The lowest BCUT2D eigenvalue weighted by atomic mass is 10.0. The summed E-state index contributed by atoms with van der Waals surface area (Å²) in [6, 6.07) is 13.9. The Labute approximate surface area is 142 Å². The fourth-order valence-corrected chi connectivity index (χ4v) is 3.03. The Morgan fingerprint density at radius 3 is 2.75 bits per heavy atom. The predicted octanol–water partition coefficient (Wildman–Crippen LogP) is 3.32. The standard InChI is InChI=1S/C19H23N3O2/c1-21(19(23)24-15-16-6-3-2-4-7-16)18-8-5-13-22(14-18)17-9-11-20-12-10-17/h2-4,6-7,9-12,18H,5,8,13-15H2,1H3. The van der Waals surface area contributed by atoms with E-state index < -0.39 is 0 Å². The van der Waals surface area contributed by atoms with Crippen molar-refractivity contribution in [2.24, 2.45) is 0 Å². The van der Waals surface area contributed by atoms with Crippen LogP contribution in [0.2, 0.25) is 0 Å². The van der Waals surface area contributed by atoms with Crippen LogP contribution in [0.5, 0.6) is 0 Å². The molecule has 1 fully saturated rings. The van der Waals surface area contributed by atoms with Gasteiger partial charge in [-0.05, 0) is 30.5 Å². The number of piperidine rings is 1. The first kappa shape index (κ1) is 16.3. The topological polar surface area (TPSA) is 45.7 Å². The molecule has 0 radical (unpaired) electrons. The number of amides is 1. The smallest absolute Gasteiger partial charge is 0.410 e. The molecule has 2 aromatic rings. The first-order valence-corrected chi connectivity index (χ1v) is 8.32. The van der Waals surface area contributed by atoms with Crippen LogP contribution in [0.4, 0.5) is 10.5 Å².